The van der Waals surface area contributed by atoms with E-state index in [-0.39, 0.29) is 28.5 Å². The first kappa shape index (κ1) is 17.0. The van der Waals surface area contributed by atoms with Crippen molar-refractivity contribution in [1.29, 1.82) is 0 Å². The Labute approximate surface area is 134 Å². The van der Waals surface area contributed by atoms with Crippen LogP contribution in [0.2, 0.25) is 0 Å². The Morgan fingerprint density at radius 2 is 1.91 bits per heavy atom. The van der Waals surface area contributed by atoms with E-state index >= 15 is 0 Å². The molecule has 0 bridgehead atoms. The zero-order valence-corrected chi connectivity index (χ0v) is 13.9. The number of para-hydroxylation sites is 1. The molecule has 1 aromatic carbocycles. The van der Waals surface area contributed by atoms with Crippen molar-refractivity contribution < 1.29 is 22.4 Å². The van der Waals surface area contributed by atoms with Crippen LogP contribution < -0.4 is 15.2 Å². The molecule has 0 unspecified atom stereocenters. The minimum absolute atomic E-state index is 0.0695. The van der Waals surface area contributed by atoms with E-state index in [1.807, 2.05) is 12.1 Å². The Morgan fingerprint density at radius 3 is 2.52 bits per heavy atom. The standard InChI is InChI=1S/C15H18N2O5S/c1-9-13(14(10(2)22-9)23(16,19)20)15(18)17-8-11-6-4-5-7-12(11)21-3/h4-7H,8H2,1-3H3,(H,17,18)(H2,16,19,20). The lowest BCUT2D eigenvalue weighted by Crippen LogP contribution is -2.26. The van der Waals surface area contributed by atoms with E-state index in [1.54, 1.807) is 12.1 Å². The van der Waals surface area contributed by atoms with Gasteiger partial charge in [-0.15, -0.1) is 0 Å². The number of primary sulfonamides is 1. The molecular formula is C15H18N2O5S. The third-order valence-electron chi connectivity index (χ3n) is 3.35. The second-order valence-electron chi connectivity index (χ2n) is 4.96. The number of carbonyl (C=O) groups excluding carboxylic acids is 1. The maximum Gasteiger partial charge on any atom is 0.256 e. The number of nitrogens with two attached hydrogens (primary N) is 1. The first-order chi connectivity index (χ1) is 10.8. The van der Waals surface area contributed by atoms with Crippen LogP contribution in [0, 0.1) is 13.8 Å². The van der Waals surface area contributed by atoms with Gasteiger partial charge < -0.3 is 14.5 Å². The van der Waals surface area contributed by atoms with Gasteiger partial charge in [-0.3, -0.25) is 4.79 Å². The zero-order chi connectivity index (χ0) is 17.2. The molecule has 0 saturated carbocycles. The molecule has 2 aromatic rings. The highest BCUT2D eigenvalue weighted by Gasteiger charge is 2.28. The van der Waals surface area contributed by atoms with E-state index in [2.05, 4.69) is 5.32 Å². The van der Waals surface area contributed by atoms with Crippen molar-refractivity contribution in [2.75, 3.05) is 7.11 Å². The topological polar surface area (TPSA) is 112 Å². The highest BCUT2D eigenvalue weighted by molar-refractivity contribution is 7.89. The van der Waals surface area contributed by atoms with Gasteiger partial charge in [-0.2, -0.15) is 0 Å². The van der Waals surface area contributed by atoms with Gasteiger partial charge in [0, 0.05) is 12.1 Å². The van der Waals surface area contributed by atoms with Gasteiger partial charge in [0.05, 0.1) is 7.11 Å². The summed E-state index contributed by atoms with van der Waals surface area (Å²) < 4.78 is 33.8. The Hall–Kier alpha value is -2.32. The fourth-order valence-corrected chi connectivity index (χ4v) is 3.34. The Balaban J connectivity index is 2.29. The third kappa shape index (κ3) is 3.54. The number of furan rings is 1. The monoisotopic (exact) mass is 338 g/mol. The van der Waals surface area contributed by atoms with E-state index in [0.717, 1.165) is 5.56 Å². The van der Waals surface area contributed by atoms with Gasteiger partial charge in [-0.05, 0) is 19.9 Å². The summed E-state index contributed by atoms with van der Waals surface area (Å²) in [6, 6.07) is 7.19. The highest BCUT2D eigenvalue weighted by Crippen LogP contribution is 2.25. The van der Waals surface area contributed by atoms with Gasteiger partial charge in [-0.1, -0.05) is 18.2 Å². The predicted octanol–water partition coefficient (Wildman–Crippen LogP) is 1.48. The number of ether oxygens (including phenoxy) is 1. The van der Waals surface area contributed by atoms with Gasteiger partial charge in [0.15, 0.2) is 0 Å². The quantitative estimate of drug-likeness (QED) is 0.857. The summed E-state index contributed by atoms with van der Waals surface area (Å²) in [7, 11) is -2.53. The molecule has 7 nitrogen and oxygen atoms in total. The van der Waals surface area contributed by atoms with Crippen LogP contribution in [0.15, 0.2) is 33.6 Å². The van der Waals surface area contributed by atoms with Crippen molar-refractivity contribution in [3.05, 3.63) is 46.9 Å². The van der Waals surface area contributed by atoms with E-state index in [9.17, 15) is 13.2 Å². The fourth-order valence-electron chi connectivity index (χ4n) is 2.38. The van der Waals surface area contributed by atoms with E-state index in [1.165, 1.54) is 21.0 Å². The summed E-state index contributed by atoms with van der Waals surface area (Å²) in [5, 5.41) is 7.83. The minimum atomic E-state index is -4.06. The number of rotatable bonds is 5. The predicted molar refractivity (Wildman–Crippen MR) is 83.7 cm³/mol. The Morgan fingerprint density at radius 1 is 1.26 bits per heavy atom. The summed E-state index contributed by atoms with van der Waals surface area (Å²) >= 11 is 0. The molecule has 23 heavy (non-hydrogen) atoms. The average molecular weight is 338 g/mol. The molecule has 1 amide bonds. The highest BCUT2D eigenvalue weighted by atomic mass is 32.2. The van der Waals surface area contributed by atoms with Crippen molar-refractivity contribution in [1.82, 2.24) is 5.32 Å². The molecule has 0 saturated heterocycles. The molecule has 2 rings (SSSR count). The van der Waals surface area contributed by atoms with Crippen molar-refractivity contribution in [2.45, 2.75) is 25.3 Å². The van der Waals surface area contributed by atoms with Crippen LogP contribution in [0.5, 0.6) is 5.75 Å². The largest absolute Gasteiger partial charge is 0.496 e. The van der Waals surface area contributed by atoms with E-state index in [0.29, 0.717) is 5.75 Å². The zero-order valence-electron chi connectivity index (χ0n) is 13.0. The molecule has 0 aliphatic heterocycles. The molecule has 0 aliphatic carbocycles. The first-order valence-electron chi connectivity index (χ1n) is 6.78. The molecule has 1 aromatic heterocycles. The van der Waals surface area contributed by atoms with E-state index in [4.69, 9.17) is 14.3 Å². The third-order valence-corrected chi connectivity index (χ3v) is 4.41. The first-order valence-corrected chi connectivity index (χ1v) is 8.33. The molecular weight excluding hydrogens is 320 g/mol. The van der Waals surface area contributed by atoms with Crippen LogP contribution in [0.3, 0.4) is 0 Å². The lowest BCUT2D eigenvalue weighted by Gasteiger charge is -2.10. The minimum Gasteiger partial charge on any atom is -0.496 e. The van der Waals surface area contributed by atoms with Crippen molar-refractivity contribution in [2.24, 2.45) is 5.14 Å². The number of amides is 1. The van der Waals surface area contributed by atoms with Gasteiger partial charge >= 0.3 is 0 Å². The maximum absolute atomic E-state index is 12.4. The maximum atomic E-state index is 12.4. The van der Waals surface area contributed by atoms with Crippen molar-refractivity contribution in [3.63, 3.8) is 0 Å². The summed E-state index contributed by atoms with van der Waals surface area (Å²) in [6.07, 6.45) is 0. The normalized spacial score (nSPS) is 11.3. The number of carbonyl (C=O) groups is 1. The van der Waals surface area contributed by atoms with E-state index < -0.39 is 15.9 Å². The Kier molecular flexibility index (Phi) is 4.76. The SMILES string of the molecule is COc1ccccc1CNC(=O)c1c(C)oc(C)c1S(N)(=O)=O. The molecule has 0 spiro atoms. The summed E-state index contributed by atoms with van der Waals surface area (Å²) in [5.74, 6) is 0.338. The number of hydrogen-bond acceptors (Lipinski definition) is 5. The van der Waals surface area contributed by atoms with Crippen molar-refractivity contribution >= 4 is 15.9 Å². The number of hydrogen-bond donors (Lipinski definition) is 2. The number of nitrogens with one attached hydrogen (secondary N) is 1. The van der Waals surface area contributed by atoms with Crippen LogP contribution >= 0.6 is 0 Å². The van der Waals surface area contributed by atoms with Crippen molar-refractivity contribution in [3.8, 4) is 5.75 Å². The van der Waals surface area contributed by atoms with Crippen LogP contribution in [0.4, 0.5) is 0 Å². The molecule has 0 atom stereocenters. The number of methoxy groups -OCH3 is 1. The van der Waals surface area contributed by atoms with Crippen LogP contribution in [0.25, 0.3) is 0 Å². The second-order valence-corrected chi connectivity index (χ2v) is 6.46. The number of benzene rings is 1. The smallest absolute Gasteiger partial charge is 0.256 e. The summed E-state index contributed by atoms with van der Waals surface area (Å²) in [6.45, 7) is 3.14. The molecule has 3 N–H and O–H groups in total. The van der Waals surface area contributed by atoms with Gasteiger partial charge in [0.2, 0.25) is 10.0 Å². The Bertz CT molecular complexity index is 840. The molecule has 0 radical (unpaired) electrons. The van der Waals surface area contributed by atoms with Crippen LogP contribution in [-0.4, -0.2) is 21.4 Å². The van der Waals surface area contributed by atoms with Crippen LogP contribution in [-0.2, 0) is 16.6 Å². The van der Waals surface area contributed by atoms with Crippen LogP contribution in [0.1, 0.15) is 27.4 Å². The van der Waals surface area contributed by atoms with Gasteiger partial charge in [0.25, 0.3) is 5.91 Å². The lowest BCUT2D eigenvalue weighted by atomic mass is 10.2. The molecule has 1 heterocycles. The van der Waals surface area contributed by atoms with Gasteiger partial charge in [-0.25, -0.2) is 13.6 Å². The second kappa shape index (κ2) is 6.43. The number of aryl methyl sites for hydroxylation is 2. The number of sulfonamides is 1. The fraction of sp³-hybridized carbons (Fsp3) is 0.267. The summed E-state index contributed by atoms with van der Waals surface area (Å²) in [5.41, 5.74) is 0.693. The molecule has 124 valence electrons. The molecule has 0 fully saturated rings. The average Bonchev–Trinajstić information content (AvgIpc) is 2.79. The molecule has 0 aliphatic rings. The summed E-state index contributed by atoms with van der Waals surface area (Å²) in [4.78, 5) is 12.1. The molecule has 8 heteroatoms. The van der Waals surface area contributed by atoms with Gasteiger partial charge in [0.1, 0.15) is 27.7 Å². The lowest BCUT2D eigenvalue weighted by molar-refractivity contribution is 0.0946.